The van der Waals surface area contributed by atoms with Gasteiger partial charge in [-0.1, -0.05) is 0 Å². The molecule has 0 aromatic heterocycles. The van der Waals surface area contributed by atoms with Crippen LogP contribution in [0.4, 0.5) is 0 Å². The van der Waals surface area contributed by atoms with Gasteiger partial charge >= 0.3 is 0 Å². The first kappa shape index (κ1) is 11.3. The average Bonchev–Trinajstić information content (AvgIpc) is 2.72. The van der Waals surface area contributed by atoms with Gasteiger partial charge in [0.05, 0.1) is 12.6 Å². The fourth-order valence-electron chi connectivity index (χ4n) is 5.72. The number of amidine groups is 1. The summed E-state index contributed by atoms with van der Waals surface area (Å²) >= 11 is 0. The summed E-state index contributed by atoms with van der Waals surface area (Å²) in [7, 11) is 2.16. The van der Waals surface area contributed by atoms with Crippen LogP contribution < -0.4 is 5.73 Å². The van der Waals surface area contributed by atoms with Gasteiger partial charge in [0.2, 0.25) is 0 Å². The van der Waals surface area contributed by atoms with Gasteiger partial charge in [0.1, 0.15) is 5.84 Å². The van der Waals surface area contributed by atoms with Crippen molar-refractivity contribution in [3.05, 3.63) is 0 Å². The quantitative estimate of drug-likeness (QED) is 0.809. The molecule has 1 heterocycles. The van der Waals surface area contributed by atoms with E-state index in [1.165, 1.54) is 44.4 Å². The molecule has 4 aliphatic carbocycles. The van der Waals surface area contributed by atoms with Gasteiger partial charge in [-0.05, 0) is 61.7 Å². The molecular formula is C15H25N3. The van der Waals surface area contributed by atoms with E-state index in [2.05, 4.69) is 11.9 Å². The summed E-state index contributed by atoms with van der Waals surface area (Å²) in [5.41, 5.74) is 7.10. The first-order chi connectivity index (χ1) is 8.66. The van der Waals surface area contributed by atoms with E-state index >= 15 is 0 Å². The molecule has 100 valence electrons. The zero-order valence-corrected chi connectivity index (χ0v) is 11.4. The number of rotatable bonds is 2. The van der Waals surface area contributed by atoms with Crippen molar-refractivity contribution in [3.8, 4) is 0 Å². The van der Waals surface area contributed by atoms with E-state index in [-0.39, 0.29) is 6.04 Å². The topological polar surface area (TPSA) is 41.6 Å². The first-order valence-corrected chi connectivity index (χ1v) is 7.67. The molecule has 3 nitrogen and oxygen atoms in total. The highest BCUT2D eigenvalue weighted by Crippen LogP contribution is 2.61. The molecule has 18 heavy (non-hydrogen) atoms. The van der Waals surface area contributed by atoms with Crippen molar-refractivity contribution >= 4 is 5.84 Å². The summed E-state index contributed by atoms with van der Waals surface area (Å²) in [5.74, 6) is 4.15. The minimum atomic E-state index is 0.207. The van der Waals surface area contributed by atoms with Crippen molar-refractivity contribution < 1.29 is 0 Å². The molecule has 1 atom stereocenters. The van der Waals surface area contributed by atoms with Crippen molar-refractivity contribution in [2.75, 3.05) is 20.1 Å². The molecule has 0 aromatic carbocycles. The number of nitrogens with zero attached hydrogens (tertiary/aromatic N) is 2. The highest BCUT2D eigenvalue weighted by molar-refractivity contribution is 5.89. The van der Waals surface area contributed by atoms with Gasteiger partial charge in [0.25, 0.3) is 0 Å². The van der Waals surface area contributed by atoms with Crippen LogP contribution in [-0.4, -0.2) is 36.9 Å². The van der Waals surface area contributed by atoms with E-state index < -0.39 is 0 Å². The molecular weight excluding hydrogens is 222 g/mol. The van der Waals surface area contributed by atoms with Crippen LogP contribution in [0.1, 0.15) is 38.5 Å². The van der Waals surface area contributed by atoms with Crippen LogP contribution in [0, 0.1) is 23.2 Å². The van der Waals surface area contributed by atoms with Crippen LogP contribution in [0.15, 0.2) is 4.99 Å². The standard InChI is InChI=1S/C15H25N3/c1-18-3-2-17-14(18)13(16)15-7-10-4-11(8-15)6-12(5-10)9-15/h10-13H,2-9,16H2,1H3. The summed E-state index contributed by atoms with van der Waals surface area (Å²) < 4.78 is 0. The SMILES string of the molecule is CN1CCN=C1C(N)C12CC3CC(CC(C3)C1)C2. The van der Waals surface area contributed by atoms with Crippen LogP contribution in [0.5, 0.6) is 0 Å². The Labute approximate surface area is 110 Å². The van der Waals surface area contributed by atoms with Crippen molar-refractivity contribution in [2.45, 2.75) is 44.6 Å². The highest BCUT2D eigenvalue weighted by Gasteiger charge is 2.54. The first-order valence-electron chi connectivity index (χ1n) is 7.67. The maximum atomic E-state index is 6.70. The average molecular weight is 247 g/mol. The number of likely N-dealkylation sites (N-methyl/N-ethyl adjacent to an activating group) is 1. The molecule has 5 rings (SSSR count). The third-order valence-corrected chi connectivity index (χ3v) is 6.12. The Balaban J connectivity index is 1.63. The molecule has 3 heteroatoms. The lowest BCUT2D eigenvalue weighted by molar-refractivity contribution is -0.0571. The maximum Gasteiger partial charge on any atom is 0.116 e. The lowest BCUT2D eigenvalue weighted by atomic mass is 9.47. The Morgan fingerprint density at radius 1 is 1.17 bits per heavy atom. The molecule has 0 spiro atoms. The molecule has 2 N–H and O–H groups in total. The molecule has 0 amide bonds. The Bertz CT molecular complexity index is 352. The molecule has 4 fully saturated rings. The fraction of sp³-hybridized carbons (Fsp3) is 0.933. The minimum Gasteiger partial charge on any atom is -0.360 e. The molecule has 4 saturated carbocycles. The second-order valence-electron chi connectivity index (χ2n) is 7.42. The highest BCUT2D eigenvalue weighted by atomic mass is 15.2. The second-order valence-corrected chi connectivity index (χ2v) is 7.42. The van der Waals surface area contributed by atoms with Gasteiger partial charge in [0, 0.05) is 13.6 Å². The molecule has 4 bridgehead atoms. The largest absolute Gasteiger partial charge is 0.360 e. The zero-order chi connectivity index (χ0) is 12.3. The van der Waals surface area contributed by atoms with Crippen molar-refractivity contribution in [1.82, 2.24) is 4.90 Å². The number of hydrogen-bond donors (Lipinski definition) is 1. The molecule has 1 aliphatic heterocycles. The van der Waals surface area contributed by atoms with Gasteiger partial charge < -0.3 is 10.6 Å². The van der Waals surface area contributed by atoms with Crippen molar-refractivity contribution in [1.29, 1.82) is 0 Å². The molecule has 0 radical (unpaired) electrons. The Hall–Kier alpha value is -0.570. The lowest BCUT2D eigenvalue weighted by Gasteiger charge is -2.59. The predicted octanol–water partition coefficient (Wildman–Crippen LogP) is 1.87. The van der Waals surface area contributed by atoms with Gasteiger partial charge in [-0.25, -0.2) is 0 Å². The molecule has 0 saturated heterocycles. The van der Waals surface area contributed by atoms with Crippen LogP contribution in [-0.2, 0) is 0 Å². The maximum absolute atomic E-state index is 6.70. The molecule has 1 unspecified atom stereocenters. The third kappa shape index (κ3) is 1.49. The van der Waals surface area contributed by atoms with Gasteiger partial charge in [-0.3, -0.25) is 4.99 Å². The number of hydrogen-bond acceptors (Lipinski definition) is 3. The van der Waals surface area contributed by atoms with Gasteiger partial charge in [-0.15, -0.1) is 0 Å². The molecule has 0 aromatic rings. The van der Waals surface area contributed by atoms with Crippen LogP contribution in [0.2, 0.25) is 0 Å². The van der Waals surface area contributed by atoms with E-state index in [0.29, 0.717) is 5.41 Å². The van der Waals surface area contributed by atoms with E-state index in [1.807, 2.05) is 0 Å². The second kappa shape index (κ2) is 3.72. The van der Waals surface area contributed by atoms with E-state index in [0.717, 1.165) is 30.8 Å². The monoisotopic (exact) mass is 247 g/mol. The summed E-state index contributed by atoms with van der Waals surface area (Å²) in [6.45, 7) is 2.02. The Kier molecular flexibility index (Phi) is 2.33. The number of nitrogens with two attached hydrogens (primary N) is 1. The Morgan fingerprint density at radius 3 is 2.17 bits per heavy atom. The summed E-state index contributed by atoms with van der Waals surface area (Å²) in [6, 6.07) is 0.207. The van der Waals surface area contributed by atoms with E-state index in [9.17, 15) is 0 Å². The Morgan fingerprint density at radius 2 is 1.72 bits per heavy atom. The lowest BCUT2D eigenvalue weighted by Crippen LogP contribution is -2.59. The fourth-order valence-corrected chi connectivity index (χ4v) is 5.72. The minimum absolute atomic E-state index is 0.207. The van der Waals surface area contributed by atoms with Gasteiger partial charge in [0.15, 0.2) is 0 Å². The van der Waals surface area contributed by atoms with E-state index in [1.54, 1.807) is 0 Å². The third-order valence-electron chi connectivity index (χ3n) is 6.12. The van der Waals surface area contributed by atoms with Gasteiger partial charge in [-0.2, -0.15) is 0 Å². The van der Waals surface area contributed by atoms with Crippen molar-refractivity contribution in [2.24, 2.45) is 33.9 Å². The van der Waals surface area contributed by atoms with E-state index in [4.69, 9.17) is 10.7 Å². The normalized spacial score (nSPS) is 47.6. The summed E-state index contributed by atoms with van der Waals surface area (Å²) in [6.07, 6.45) is 8.63. The smallest absolute Gasteiger partial charge is 0.116 e. The molecule has 5 aliphatic rings. The van der Waals surface area contributed by atoms with Crippen LogP contribution in [0.25, 0.3) is 0 Å². The van der Waals surface area contributed by atoms with Crippen LogP contribution >= 0.6 is 0 Å². The summed E-state index contributed by atoms with van der Waals surface area (Å²) in [4.78, 5) is 6.99. The van der Waals surface area contributed by atoms with Crippen molar-refractivity contribution in [3.63, 3.8) is 0 Å². The zero-order valence-electron chi connectivity index (χ0n) is 11.4. The number of aliphatic imine (C=N–C) groups is 1. The predicted molar refractivity (Wildman–Crippen MR) is 73.5 cm³/mol. The van der Waals surface area contributed by atoms with Crippen LogP contribution in [0.3, 0.4) is 0 Å². The summed E-state index contributed by atoms with van der Waals surface area (Å²) in [5, 5.41) is 0.